The third-order valence-electron chi connectivity index (χ3n) is 4.81. The summed E-state index contributed by atoms with van der Waals surface area (Å²) in [5.41, 5.74) is 3.12. The standard InChI is InChI=1S/C22H24ClNO/c1-24(2)15-20-14-18(16-8-4-3-5-9-16)13-19(22(20)25)12-17-10-6-7-11-21(17)23/h3-12,18,20H,13-15H2,1-2H3/b19-12-. The third kappa shape index (κ3) is 4.39. The summed E-state index contributed by atoms with van der Waals surface area (Å²) in [4.78, 5) is 15.1. The second-order valence-electron chi connectivity index (χ2n) is 7.06. The van der Waals surface area contributed by atoms with Crippen molar-refractivity contribution in [2.75, 3.05) is 20.6 Å². The van der Waals surface area contributed by atoms with E-state index in [1.807, 2.05) is 50.5 Å². The summed E-state index contributed by atoms with van der Waals surface area (Å²) in [6, 6.07) is 18.2. The molecule has 2 aromatic carbocycles. The molecule has 3 heteroatoms. The van der Waals surface area contributed by atoms with Crippen molar-refractivity contribution in [1.29, 1.82) is 0 Å². The Kier molecular flexibility index (Phi) is 5.72. The number of allylic oxidation sites excluding steroid dienone is 1. The van der Waals surface area contributed by atoms with Gasteiger partial charge in [0.05, 0.1) is 0 Å². The Balaban J connectivity index is 1.95. The minimum atomic E-state index is 0.0303. The van der Waals surface area contributed by atoms with Crippen LogP contribution in [0.4, 0.5) is 0 Å². The van der Waals surface area contributed by atoms with Crippen LogP contribution in [0, 0.1) is 5.92 Å². The van der Waals surface area contributed by atoms with Crippen molar-refractivity contribution in [2.45, 2.75) is 18.8 Å². The molecule has 0 spiro atoms. The molecule has 25 heavy (non-hydrogen) atoms. The van der Waals surface area contributed by atoms with Gasteiger partial charge in [0.25, 0.3) is 0 Å². The molecule has 0 N–H and O–H groups in total. The van der Waals surface area contributed by atoms with Crippen LogP contribution < -0.4 is 0 Å². The van der Waals surface area contributed by atoms with Gasteiger partial charge in [-0.1, -0.05) is 60.1 Å². The lowest BCUT2D eigenvalue weighted by Gasteiger charge is -2.32. The van der Waals surface area contributed by atoms with Crippen molar-refractivity contribution in [3.05, 3.63) is 76.3 Å². The normalized spacial score (nSPS) is 22.6. The van der Waals surface area contributed by atoms with Crippen LogP contribution in [0.3, 0.4) is 0 Å². The lowest BCUT2D eigenvalue weighted by atomic mass is 9.74. The predicted octanol–water partition coefficient (Wildman–Crippen LogP) is 5.05. The van der Waals surface area contributed by atoms with E-state index in [9.17, 15) is 4.79 Å². The molecule has 0 aromatic heterocycles. The number of halogens is 1. The maximum absolute atomic E-state index is 13.0. The average Bonchev–Trinajstić information content (AvgIpc) is 2.60. The van der Waals surface area contributed by atoms with Gasteiger partial charge in [-0.3, -0.25) is 4.79 Å². The Morgan fingerprint density at radius 2 is 1.76 bits per heavy atom. The molecule has 0 saturated heterocycles. The summed E-state index contributed by atoms with van der Waals surface area (Å²) in [5, 5.41) is 0.689. The first-order valence-electron chi connectivity index (χ1n) is 8.73. The summed E-state index contributed by atoms with van der Waals surface area (Å²) in [6.45, 7) is 0.780. The number of carbonyl (C=O) groups is 1. The maximum atomic E-state index is 13.0. The number of Topliss-reactive ketones (excluding diaryl/α,β-unsaturated/α-hetero) is 1. The first-order chi connectivity index (χ1) is 12.0. The first-order valence-corrected chi connectivity index (χ1v) is 9.11. The Bertz CT molecular complexity index is 767. The number of rotatable bonds is 4. The molecule has 2 aromatic rings. The molecule has 1 saturated carbocycles. The highest BCUT2D eigenvalue weighted by atomic mass is 35.5. The summed E-state index contributed by atoms with van der Waals surface area (Å²) in [5.74, 6) is 0.668. The summed E-state index contributed by atoms with van der Waals surface area (Å²) in [7, 11) is 4.05. The minimum Gasteiger partial charge on any atom is -0.309 e. The van der Waals surface area contributed by atoms with Crippen molar-refractivity contribution in [1.82, 2.24) is 4.90 Å². The average molecular weight is 354 g/mol. The zero-order chi connectivity index (χ0) is 17.8. The Morgan fingerprint density at radius 1 is 1.08 bits per heavy atom. The lowest BCUT2D eigenvalue weighted by molar-refractivity contribution is -0.121. The van der Waals surface area contributed by atoms with Gasteiger partial charge in [-0.25, -0.2) is 0 Å². The highest BCUT2D eigenvalue weighted by molar-refractivity contribution is 6.32. The molecule has 1 fully saturated rings. The highest BCUT2D eigenvalue weighted by Gasteiger charge is 2.33. The van der Waals surface area contributed by atoms with Crippen molar-refractivity contribution >= 4 is 23.5 Å². The molecule has 2 unspecified atom stereocenters. The molecule has 0 bridgehead atoms. The molecular formula is C22H24ClNO. The van der Waals surface area contributed by atoms with Crippen LogP contribution in [0.1, 0.15) is 29.9 Å². The van der Waals surface area contributed by atoms with E-state index in [1.165, 1.54) is 5.56 Å². The van der Waals surface area contributed by atoms with Gasteiger partial charge < -0.3 is 4.90 Å². The molecule has 1 aliphatic carbocycles. The van der Waals surface area contributed by atoms with Crippen LogP contribution >= 0.6 is 11.6 Å². The van der Waals surface area contributed by atoms with Crippen molar-refractivity contribution in [3.63, 3.8) is 0 Å². The van der Waals surface area contributed by atoms with Crippen LogP contribution in [0.5, 0.6) is 0 Å². The second kappa shape index (κ2) is 7.99. The zero-order valence-corrected chi connectivity index (χ0v) is 15.5. The summed E-state index contributed by atoms with van der Waals surface area (Å²) >= 11 is 6.30. The van der Waals surface area contributed by atoms with E-state index in [4.69, 9.17) is 11.6 Å². The lowest BCUT2D eigenvalue weighted by Crippen LogP contribution is -2.34. The first kappa shape index (κ1) is 17.9. The fraction of sp³-hybridized carbons (Fsp3) is 0.318. The van der Waals surface area contributed by atoms with Crippen molar-refractivity contribution in [2.24, 2.45) is 5.92 Å². The van der Waals surface area contributed by atoms with E-state index in [1.54, 1.807) is 0 Å². The highest BCUT2D eigenvalue weighted by Crippen LogP contribution is 2.38. The molecule has 0 amide bonds. The quantitative estimate of drug-likeness (QED) is 0.717. The molecule has 2 nitrogen and oxygen atoms in total. The van der Waals surface area contributed by atoms with Crippen LogP contribution in [0.15, 0.2) is 60.2 Å². The van der Waals surface area contributed by atoms with Gasteiger partial charge in [0.2, 0.25) is 0 Å². The summed E-state index contributed by atoms with van der Waals surface area (Å²) < 4.78 is 0. The topological polar surface area (TPSA) is 20.3 Å². The largest absolute Gasteiger partial charge is 0.309 e. The fourth-order valence-corrected chi connectivity index (χ4v) is 3.84. The van der Waals surface area contributed by atoms with Crippen LogP contribution in [0.25, 0.3) is 6.08 Å². The van der Waals surface area contributed by atoms with Gasteiger partial charge >= 0.3 is 0 Å². The van der Waals surface area contributed by atoms with Crippen LogP contribution in [0.2, 0.25) is 5.02 Å². The van der Waals surface area contributed by atoms with Gasteiger partial charge in [-0.05, 0) is 61.7 Å². The van der Waals surface area contributed by atoms with Crippen molar-refractivity contribution in [3.8, 4) is 0 Å². The number of carbonyl (C=O) groups excluding carboxylic acids is 1. The van der Waals surface area contributed by atoms with Gasteiger partial charge in [0.1, 0.15) is 0 Å². The SMILES string of the molecule is CN(C)CC1CC(c2ccccc2)C/C(=C/c2ccccc2Cl)C1=O. The molecule has 2 atom stereocenters. The molecule has 0 heterocycles. The van der Waals surface area contributed by atoms with Crippen LogP contribution in [-0.2, 0) is 4.79 Å². The smallest absolute Gasteiger partial charge is 0.163 e. The van der Waals surface area contributed by atoms with Gasteiger partial charge in [0, 0.05) is 17.5 Å². The van der Waals surface area contributed by atoms with E-state index in [2.05, 4.69) is 29.2 Å². The molecule has 130 valence electrons. The second-order valence-corrected chi connectivity index (χ2v) is 7.47. The number of hydrogen-bond donors (Lipinski definition) is 0. The van der Waals surface area contributed by atoms with Gasteiger partial charge in [0.15, 0.2) is 5.78 Å². The molecule has 1 aliphatic rings. The monoisotopic (exact) mass is 353 g/mol. The number of hydrogen-bond acceptors (Lipinski definition) is 2. The Hall–Kier alpha value is -1.90. The summed E-state index contributed by atoms with van der Waals surface area (Å²) in [6.07, 6.45) is 3.67. The zero-order valence-electron chi connectivity index (χ0n) is 14.8. The van der Waals surface area contributed by atoms with E-state index < -0.39 is 0 Å². The molecule has 0 radical (unpaired) electrons. The number of benzene rings is 2. The Labute approximate surface area is 155 Å². The molecule has 0 aliphatic heterocycles. The Morgan fingerprint density at radius 3 is 2.44 bits per heavy atom. The van der Waals surface area contributed by atoms with Gasteiger partial charge in [-0.15, -0.1) is 0 Å². The minimum absolute atomic E-state index is 0.0303. The number of ketones is 1. The third-order valence-corrected chi connectivity index (χ3v) is 5.16. The molecule has 3 rings (SSSR count). The van der Waals surface area contributed by atoms with E-state index in [0.29, 0.717) is 10.9 Å². The van der Waals surface area contributed by atoms with Gasteiger partial charge in [-0.2, -0.15) is 0 Å². The fourth-order valence-electron chi connectivity index (χ4n) is 3.65. The maximum Gasteiger partial charge on any atom is 0.163 e. The van der Waals surface area contributed by atoms with Crippen molar-refractivity contribution < 1.29 is 4.79 Å². The predicted molar refractivity (Wildman–Crippen MR) is 105 cm³/mol. The van der Waals surface area contributed by atoms with E-state index in [-0.39, 0.29) is 11.7 Å². The van der Waals surface area contributed by atoms with Crippen LogP contribution in [-0.4, -0.2) is 31.3 Å². The number of nitrogens with zero attached hydrogens (tertiary/aromatic N) is 1. The molecular weight excluding hydrogens is 330 g/mol. The van der Waals surface area contributed by atoms with E-state index >= 15 is 0 Å². The van der Waals surface area contributed by atoms with E-state index in [0.717, 1.165) is 30.5 Å².